The monoisotopic (exact) mass is 377 g/mol. The normalized spacial score (nSPS) is 13.4. The zero-order valence-corrected chi connectivity index (χ0v) is 13.4. The van der Waals surface area contributed by atoms with Crippen molar-refractivity contribution in [2.24, 2.45) is 5.73 Å². The molecule has 2 atom stereocenters. The molecule has 3 N–H and O–H groups in total. The minimum absolute atomic E-state index is 0. The van der Waals surface area contributed by atoms with Crippen LogP contribution in [0.2, 0.25) is 0 Å². The first-order valence-corrected chi connectivity index (χ1v) is 6.91. The number of aliphatic hydroxyl groups excluding tert-OH is 1. The largest absolute Gasteiger partial charge is 0.391 e. The van der Waals surface area contributed by atoms with Crippen LogP contribution < -0.4 is 5.73 Å². The highest BCUT2D eigenvalue weighted by atomic mass is 79.9. The first-order chi connectivity index (χ1) is 9.50. The summed E-state index contributed by atoms with van der Waals surface area (Å²) in [4.78, 5) is 0. The van der Waals surface area contributed by atoms with Crippen LogP contribution in [0.5, 0.6) is 0 Å². The smallest absolute Gasteiger partial charge is 0.145 e. The number of nitrogens with two attached hydrogens (primary N) is 1. The highest BCUT2D eigenvalue weighted by Gasteiger charge is 2.25. The molecule has 0 aliphatic carbocycles. The second-order valence-corrected chi connectivity index (χ2v) is 5.39. The average molecular weight is 379 g/mol. The number of halogens is 4. The van der Waals surface area contributed by atoms with E-state index in [1.807, 2.05) is 30.3 Å². The molecular weight excluding hydrogens is 364 g/mol. The molecule has 0 aliphatic rings. The number of hydrogen-bond acceptors (Lipinski definition) is 2. The van der Waals surface area contributed by atoms with Crippen LogP contribution in [0.25, 0.3) is 0 Å². The first kappa shape index (κ1) is 18.0. The highest BCUT2D eigenvalue weighted by molar-refractivity contribution is 9.10. The quantitative estimate of drug-likeness (QED) is 0.796. The van der Waals surface area contributed by atoms with E-state index < -0.39 is 23.8 Å². The van der Waals surface area contributed by atoms with E-state index in [-0.39, 0.29) is 28.9 Å². The molecule has 0 radical (unpaired) electrons. The SMILES string of the molecule is Cl.N[C@H](c1c(F)ccc(Br)c1F)[C@@H](O)Cc1ccccc1. The van der Waals surface area contributed by atoms with E-state index in [0.29, 0.717) is 0 Å². The van der Waals surface area contributed by atoms with Gasteiger partial charge in [0.25, 0.3) is 0 Å². The van der Waals surface area contributed by atoms with Gasteiger partial charge >= 0.3 is 0 Å². The van der Waals surface area contributed by atoms with E-state index in [0.717, 1.165) is 11.6 Å². The van der Waals surface area contributed by atoms with Gasteiger partial charge in [-0.15, -0.1) is 12.4 Å². The lowest BCUT2D eigenvalue weighted by molar-refractivity contribution is 0.141. The fourth-order valence-corrected chi connectivity index (χ4v) is 2.37. The lowest BCUT2D eigenvalue weighted by atomic mass is 9.96. The summed E-state index contributed by atoms with van der Waals surface area (Å²) >= 11 is 2.99. The summed E-state index contributed by atoms with van der Waals surface area (Å²) in [6.45, 7) is 0. The molecule has 0 saturated carbocycles. The van der Waals surface area contributed by atoms with E-state index in [1.165, 1.54) is 6.07 Å². The van der Waals surface area contributed by atoms with Gasteiger partial charge in [-0.3, -0.25) is 0 Å². The second-order valence-electron chi connectivity index (χ2n) is 4.54. The van der Waals surface area contributed by atoms with Crippen LogP contribution in [0.15, 0.2) is 46.9 Å². The van der Waals surface area contributed by atoms with Crippen LogP contribution in [-0.2, 0) is 6.42 Å². The summed E-state index contributed by atoms with van der Waals surface area (Å²) in [5, 5.41) is 10.1. The van der Waals surface area contributed by atoms with Crippen LogP contribution in [0.1, 0.15) is 17.2 Å². The summed E-state index contributed by atoms with van der Waals surface area (Å²) in [5.41, 5.74) is 6.36. The van der Waals surface area contributed by atoms with Gasteiger partial charge in [0.2, 0.25) is 0 Å². The Bertz CT molecular complexity index is 598. The molecule has 0 aromatic heterocycles. The Balaban J connectivity index is 0.00000220. The summed E-state index contributed by atoms with van der Waals surface area (Å²) in [7, 11) is 0. The van der Waals surface area contributed by atoms with Gasteiger partial charge in [-0.1, -0.05) is 30.3 Å². The fourth-order valence-electron chi connectivity index (χ4n) is 2.02. The zero-order valence-electron chi connectivity index (χ0n) is 11.0. The maximum atomic E-state index is 13.9. The Morgan fingerprint density at radius 3 is 2.33 bits per heavy atom. The van der Waals surface area contributed by atoms with Crippen molar-refractivity contribution < 1.29 is 13.9 Å². The molecule has 0 heterocycles. The fraction of sp³-hybridized carbons (Fsp3) is 0.200. The third-order valence-electron chi connectivity index (χ3n) is 3.11. The van der Waals surface area contributed by atoms with Crippen LogP contribution in [0.4, 0.5) is 8.78 Å². The minimum atomic E-state index is -1.13. The van der Waals surface area contributed by atoms with E-state index in [4.69, 9.17) is 5.73 Å². The maximum Gasteiger partial charge on any atom is 0.145 e. The van der Waals surface area contributed by atoms with Gasteiger partial charge in [0, 0.05) is 12.0 Å². The highest BCUT2D eigenvalue weighted by Crippen LogP contribution is 2.28. The summed E-state index contributed by atoms with van der Waals surface area (Å²) in [5.74, 6) is -1.53. The molecule has 2 nitrogen and oxygen atoms in total. The van der Waals surface area contributed by atoms with Crippen molar-refractivity contribution in [1.82, 2.24) is 0 Å². The summed E-state index contributed by atoms with van der Waals surface area (Å²) in [6, 6.07) is 10.4. The molecule has 2 aromatic carbocycles. The molecule has 0 aliphatic heterocycles. The molecule has 2 aromatic rings. The van der Waals surface area contributed by atoms with Gasteiger partial charge in [0.1, 0.15) is 11.6 Å². The lowest BCUT2D eigenvalue weighted by Gasteiger charge is -2.20. The molecule has 0 unspecified atom stereocenters. The Morgan fingerprint density at radius 1 is 1.10 bits per heavy atom. The van der Waals surface area contributed by atoms with Gasteiger partial charge in [0.05, 0.1) is 16.6 Å². The Morgan fingerprint density at radius 2 is 1.71 bits per heavy atom. The molecule has 0 saturated heterocycles. The standard InChI is InChI=1S/C15H14BrF2NO.ClH/c16-10-6-7-11(17)13(14(10)18)15(19)12(20)8-9-4-2-1-3-5-9;/h1-7,12,15,20H,8,19H2;1H/t12-,15-;/m0./s1. The minimum Gasteiger partial charge on any atom is -0.391 e. The summed E-state index contributed by atoms with van der Waals surface area (Å²) < 4.78 is 27.8. The predicted octanol–water partition coefficient (Wildman–Crippen LogP) is 3.75. The molecular formula is C15H15BrClF2NO. The van der Waals surface area contributed by atoms with Crippen molar-refractivity contribution in [2.75, 3.05) is 0 Å². The molecule has 2 rings (SSSR count). The second kappa shape index (κ2) is 7.84. The van der Waals surface area contributed by atoms with Gasteiger partial charge in [0.15, 0.2) is 0 Å². The van der Waals surface area contributed by atoms with Gasteiger partial charge in [-0.05, 0) is 33.6 Å². The zero-order chi connectivity index (χ0) is 14.7. The van der Waals surface area contributed by atoms with Crippen molar-refractivity contribution >= 4 is 28.3 Å². The van der Waals surface area contributed by atoms with E-state index in [9.17, 15) is 13.9 Å². The molecule has 6 heteroatoms. The molecule has 0 bridgehead atoms. The topological polar surface area (TPSA) is 46.2 Å². The van der Waals surface area contributed by atoms with Crippen LogP contribution >= 0.6 is 28.3 Å². The van der Waals surface area contributed by atoms with Gasteiger partial charge in [-0.25, -0.2) is 8.78 Å². The van der Waals surface area contributed by atoms with Crippen molar-refractivity contribution in [3.8, 4) is 0 Å². The Labute approximate surface area is 136 Å². The van der Waals surface area contributed by atoms with E-state index in [2.05, 4.69) is 15.9 Å². The van der Waals surface area contributed by atoms with Crippen molar-refractivity contribution in [2.45, 2.75) is 18.6 Å². The lowest BCUT2D eigenvalue weighted by Crippen LogP contribution is -2.30. The number of rotatable bonds is 4. The number of hydrogen-bond donors (Lipinski definition) is 2. The molecule has 0 amide bonds. The Hall–Kier alpha value is -1.01. The Kier molecular flexibility index (Phi) is 6.74. The summed E-state index contributed by atoms with van der Waals surface area (Å²) in [6.07, 6.45) is -0.844. The first-order valence-electron chi connectivity index (χ1n) is 6.11. The van der Waals surface area contributed by atoms with Crippen molar-refractivity contribution in [1.29, 1.82) is 0 Å². The molecule has 114 valence electrons. The van der Waals surface area contributed by atoms with Crippen LogP contribution in [0.3, 0.4) is 0 Å². The van der Waals surface area contributed by atoms with E-state index >= 15 is 0 Å². The number of aliphatic hydroxyl groups is 1. The number of benzene rings is 2. The maximum absolute atomic E-state index is 13.9. The van der Waals surface area contributed by atoms with Crippen molar-refractivity contribution in [3.63, 3.8) is 0 Å². The molecule has 21 heavy (non-hydrogen) atoms. The molecule has 0 fully saturated rings. The van der Waals surface area contributed by atoms with E-state index in [1.54, 1.807) is 0 Å². The van der Waals surface area contributed by atoms with Gasteiger partial charge < -0.3 is 10.8 Å². The van der Waals surface area contributed by atoms with Gasteiger partial charge in [-0.2, -0.15) is 0 Å². The van der Waals surface area contributed by atoms with Crippen LogP contribution in [-0.4, -0.2) is 11.2 Å². The average Bonchev–Trinajstić information content (AvgIpc) is 2.44. The third-order valence-corrected chi connectivity index (χ3v) is 3.73. The molecule has 0 spiro atoms. The van der Waals surface area contributed by atoms with Crippen LogP contribution in [0, 0.1) is 11.6 Å². The third kappa shape index (κ3) is 4.23. The van der Waals surface area contributed by atoms with Crippen molar-refractivity contribution in [3.05, 3.63) is 69.7 Å². The predicted molar refractivity (Wildman–Crippen MR) is 84.4 cm³/mol.